The largest absolute Gasteiger partial charge is 0.314 e. The number of hydrogen-bond acceptors (Lipinski definition) is 1. The number of hydrogen-bond donors (Lipinski definition) is 1. The molecule has 2 aliphatic carbocycles. The average molecular weight is 241 g/mol. The molecule has 2 unspecified atom stereocenters. The van der Waals surface area contributed by atoms with Gasteiger partial charge in [0.05, 0.1) is 0 Å². The molecule has 17 heavy (non-hydrogen) atoms. The summed E-state index contributed by atoms with van der Waals surface area (Å²) in [6, 6.07) is 2.90. The molecule has 0 amide bonds. The topological polar surface area (TPSA) is 12.0 Å². The van der Waals surface area contributed by atoms with Crippen LogP contribution in [-0.4, -0.2) is 12.6 Å². The van der Waals surface area contributed by atoms with Gasteiger partial charge in [-0.05, 0) is 55.3 Å². The van der Waals surface area contributed by atoms with Crippen molar-refractivity contribution in [2.24, 2.45) is 5.92 Å². The van der Waals surface area contributed by atoms with Crippen molar-refractivity contribution in [3.63, 3.8) is 0 Å². The molecule has 1 aromatic carbocycles. The van der Waals surface area contributed by atoms with Crippen molar-refractivity contribution in [1.82, 2.24) is 5.32 Å². The highest BCUT2D eigenvalue weighted by atomic mass is 19.2. The maximum absolute atomic E-state index is 13.0. The van der Waals surface area contributed by atoms with E-state index in [0.717, 1.165) is 25.1 Å². The van der Waals surface area contributed by atoms with Crippen molar-refractivity contribution in [1.29, 1.82) is 0 Å². The van der Waals surface area contributed by atoms with Crippen molar-refractivity contribution in [2.45, 2.75) is 31.2 Å². The van der Waals surface area contributed by atoms with Crippen molar-refractivity contribution in [3.8, 4) is 0 Å². The van der Waals surface area contributed by atoms with Gasteiger partial charge in [0.2, 0.25) is 0 Å². The van der Waals surface area contributed by atoms with Crippen LogP contribution in [0.5, 0.6) is 0 Å². The van der Waals surface area contributed by atoms with Gasteiger partial charge in [0.15, 0.2) is 17.5 Å². The SMILES string of the molecule is Fc1cc(C2CC2CNC2CC2)cc(F)c1F. The first kappa shape index (κ1) is 11.1. The molecule has 0 bridgehead atoms. The van der Waals surface area contributed by atoms with Crippen molar-refractivity contribution in [3.05, 3.63) is 35.1 Å². The normalized spacial score (nSPS) is 27.2. The van der Waals surface area contributed by atoms with Gasteiger partial charge >= 0.3 is 0 Å². The van der Waals surface area contributed by atoms with Gasteiger partial charge in [0.1, 0.15) is 0 Å². The van der Waals surface area contributed by atoms with Gasteiger partial charge < -0.3 is 5.32 Å². The predicted molar refractivity (Wildman–Crippen MR) is 58.2 cm³/mol. The molecule has 0 aromatic heterocycles. The fraction of sp³-hybridized carbons (Fsp3) is 0.538. The van der Waals surface area contributed by atoms with Crippen LogP contribution >= 0.6 is 0 Å². The smallest absolute Gasteiger partial charge is 0.194 e. The second kappa shape index (κ2) is 4.02. The molecule has 1 N–H and O–H groups in total. The fourth-order valence-electron chi connectivity index (χ4n) is 2.28. The van der Waals surface area contributed by atoms with Crippen molar-refractivity contribution in [2.75, 3.05) is 6.54 Å². The Morgan fingerprint density at radius 2 is 1.76 bits per heavy atom. The van der Waals surface area contributed by atoms with Crippen molar-refractivity contribution < 1.29 is 13.2 Å². The van der Waals surface area contributed by atoms with Crippen molar-refractivity contribution >= 4 is 0 Å². The summed E-state index contributed by atoms with van der Waals surface area (Å²) < 4.78 is 38.9. The Hall–Kier alpha value is -1.03. The van der Waals surface area contributed by atoms with Crippen LogP contribution < -0.4 is 5.32 Å². The van der Waals surface area contributed by atoms with Crippen LogP contribution in [0.15, 0.2) is 12.1 Å². The summed E-state index contributed by atoms with van der Waals surface area (Å²) in [4.78, 5) is 0. The van der Waals surface area contributed by atoms with E-state index in [1.54, 1.807) is 0 Å². The molecule has 2 atom stereocenters. The van der Waals surface area contributed by atoms with Gasteiger partial charge in [0, 0.05) is 6.04 Å². The van der Waals surface area contributed by atoms with Crippen LogP contribution in [0.3, 0.4) is 0 Å². The first-order valence-electron chi connectivity index (χ1n) is 6.03. The molecular formula is C13H14F3N. The maximum Gasteiger partial charge on any atom is 0.194 e. The standard InChI is InChI=1S/C13H14F3N/c14-11-4-7(5-12(15)13(11)16)10-3-8(10)6-17-9-1-2-9/h4-5,8-10,17H,1-3,6H2. The highest BCUT2D eigenvalue weighted by Gasteiger charge is 2.39. The predicted octanol–water partition coefficient (Wildman–Crippen LogP) is 2.96. The highest BCUT2D eigenvalue weighted by molar-refractivity contribution is 5.28. The molecule has 3 rings (SSSR count). The van der Waals surface area contributed by atoms with Crippen LogP contribution in [0.4, 0.5) is 13.2 Å². The molecule has 0 spiro atoms. The van der Waals surface area contributed by atoms with Crippen LogP contribution in [0.25, 0.3) is 0 Å². The minimum absolute atomic E-state index is 0.186. The zero-order chi connectivity index (χ0) is 12.0. The zero-order valence-corrected chi connectivity index (χ0v) is 9.35. The van der Waals surface area contributed by atoms with E-state index in [-0.39, 0.29) is 5.92 Å². The van der Waals surface area contributed by atoms with Gasteiger partial charge in [-0.1, -0.05) is 0 Å². The maximum atomic E-state index is 13.0. The average Bonchev–Trinajstić information content (AvgIpc) is 3.14. The quantitative estimate of drug-likeness (QED) is 0.799. The molecule has 92 valence electrons. The van der Waals surface area contributed by atoms with E-state index in [0.29, 0.717) is 17.5 Å². The van der Waals surface area contributed by atoms with Crippen LogP contribution in [-0.2, 0) is 0 Å². The molecule has 2 aliphatic rings. The Kier molecular flexibility index (Phi) is 2.62. The summed E-state index contributed by atoms with van der Waals surface area (Å²) in [7, 11) is 0. The molecule has 1 nitrogen and oxygen atoms in total. The third-order valence-corrected chi connectivity index (χ3v) is 3.60. The minimum Gasteiger partial charge on any atom is -0.314 e. The lowest BCUT2D eigenvalue weighted by atomic mass is 10.1. The Labute approximate surface area is 98.0 Å². The molecule has 2 saturated carbocycles. The molecule has 2 fully saturated rings. The third-order valence-electron chi connectivity index (χ3n) is 3.60. The molecule has 0 aliphatic heterocycles. The summed E-state index contributed by atoms with van der Waals surface area (Å²) in [6.07, 6.45) is 3.40. The minimum atomic E-state index is -1.37. The number of benzene rings is 1. The molecule has 0 heterocycles. The lowest BCUT2D eigenvalue weighted by molar-refractivity contribution is 0.445. The second-order valence-corrected chi connectivity index (χ2v) is 5.08. The number of halogens is 3. The van der Waals surface area contributed by atoms with E-state index >= 15 is 0 Å². The molecule has 0 radical (unpaired) electrons. The van der Waals surface area contributed by atoms with Crippen LogP contribution in [0, 0.1) is 23.4 Å². The van der Waals surface area contributed by atoms with Gasteiger partial charge in [-0.3, -0.25) is 0 Å². The van der Waals surface area contributed by atoms with E-state index in [9.17, 15) is 13.2 Å². The lowest BCUT2D eigenvalue weighted by Gasteiger charge is -2.04. The van der Waals surface area contributed by atoms with Gasteiger partial charge in [0.25, 0.3) is 0 Å². The van der Waals surface area contributed by atoms with E-state index in [1.807, 2.05) is 0 Å². The second-order valence-electron chi connectivity index (χ2n) is 5.08. The number of rotatable bonds is 4. The summed E-state index contributed by atoms with van der Waals surface area (Å²) in [5.41, 5.74) is 0.587. The molecule has 4 heteroatoms. The monoisotopic (exact) mass is 241 g/mol. The van der Waals surface area contributed by atoms with E-state index in [4.69, 9.17) is 0 Å². The first-order chi connectivity index (χ1) is 8.15. The van der Waals surface area contributed by atoms with Gasteiger partial charge in [-0.2, -0.15) is 0 Å². The van der Waals surface area contributed by atoms with E-state index in [1.165, 1.54) is 12.8 Å². The fourth-order valence-corrected chi connectivity index (χ4v) is 2.28. The third kappa shape index (κ3) is 2.32. The van der Waals surface area contributed by atoms with Crippen LogP contribution in [0.2, 0.25) is 0 Å². The van der Waals surface area contributed by atoms with E-state index in [2.05, 4.69) is 5.32 Å². The molecular weight excluding hydrogens is 227 g/mol. The summed E-state index contributed by atoms with van der Waals surface area (Å²) in [5, 5.41) is 3.40. The van der Waals surface area contributed by atoms with Gasteiger partial charge in [-0.25, -0.2) is 13.2 Å². The van der Waals surface area contributed by atoms with Crippen LogP contribution in [0.1, 0.15) is 30.7 Å². The Morgan fingerprint density at radius 1 is 1.12 bits per heavy atom. The Morgan fingerprint density at radius 3 is 2.35 bits per heavy atom. The number of nitrogens with one attached hydrogen (secondary N) is 1. The molecule has 1 aromatic rings. The lowest BCUT2D eigenvalue weighted by Crippen LogP contribution is -2.19. The Bertz CT molecular complexity index is 419. The highest BCUT2D eigenvalue weighted by Crippen LogP contribution is 2.47. The summed E-state index contributed by atoms with van der Waals surface area (Å²) in [6.45, 7) is 0.899. The summed E-state index contributed by atoms with van der Waals surface area (Å²) in [5.74, 6) is -2.91. The van der Waals surface area contributed by atoms with Gasteiger partial charge in [-0.15, -0.1) is 0 Å². The summed E-state index contributed by atoms with van der Waals surface area (Å²) >= 11 is 0. The molecule has 0 saturated heterocycles. The van der Waals surface area contributed by atoms with E-state index < -0.39 is 17.5 Å². The first-order valence-corrected chi connectivity index (χ1v) is 6.03. The zero-order valence-electron chi connectivity index (χ0n) is 9.35. The Balaban J connectivity index is 1.65.